The number of rotatable bonds is 7. The van der Waals surface area contributed by atoms with Crippen molar-refractivity contribution < 1.29 is 17.6 Å². The summed E-state index contributed by atoms with van der Waals surface area (Å²) in [5.74, 6) is -1.24. The number of hydrogen-bond donors (Lipinski definition) is 1. The largest absolute Gasteiger partial charge is 0.337 e. The molecule has 3 rings (SSSR count). The van der Waals surface area contributed by atoms with Crippen molar-refractivity contribution in [3.8, 4) is 6.07 Å². The van der Waals surface area contributed by atoms with Gasteiger partial charge < -0.3 is 4.90 Å². The highest BCUT2D eigenvalue weighted by atomic mass is 32.2. The Morgan fingerprint density at radius 1 is 1.16 bits per heavy atom. The van der Waals surface area contributed by atoms with Gasteiger partial charge in [0.1, 0.15) is 10.7 Å². The van der Waals surface area contributed by atoms with Crippen LogP contribution < -0.4 is 4.72 Å². The molecule has 1 aliphatic rings. The first kappa shape index (κ1) is 23.6. The number of nitrogens with one attached hydrogen (secondary N) is 1. The summed E-state index contributed by atoms with van der Waals surface area (Å²) < 4.78 is 41.1. The van der Waals surface area contributed by atoms with E-state index in [1.165, 1.54) is 12.1 Å². The normalized spacial score (nSPS) is 15.1. The molecule has 2 aromatic carbocycles. The minimum atomic E-state index is -4.09. The van der Waals surface area contributed by atoms with E-state index in [4.69, 9.17) is 5.26 Å². The van der Waals surface area contributed by atoms with Crippen LogP contribution in [0.1, 0.15) is 27.9 Å². The minimum Gasteiger partial charge on any atom is -0.337 e. The van der Waals surface area contributed by atoms with Crippen LogP contribution in [-0.4, -0.2) is 56.8 Å². The first-order valence-corrected chi connectivity index (χ1v) is 11.7. The molecule has 0 saturated carbocycles. The summed E-state index contributed by atoms with van der Waals surface area (Å²) in [5, 5.41) is 8.92. The summed E-state index contributed by atoms with van der Waals surface area (Å²) in [6.07, 6.45) is 2.11. The second-order valence-corrected chi connectivity index (χ2v) is 9.25. The minimum absolute atomic E-state index is 0.0405. The fourth-order valence-electron chi connectivity index (χ4n) is 3.55. The van der Waals surface area contributed by atoms with E-state index in [1.54, 1.807) is 17.0 Å². The predicted octanol–water partition coefficient (Wildman–Crippen LogP) is 2.51. The molecular formula is C23H25FN4O3S. The van der Waals surface area contributed by atoms with Crippen molar-refractivity contribution in [3.63, 3.8) is 0 Å². The lowest BCUT2D eigenvalue weighted by Crippen LogP contribution is -2.35. The molecule has 9 heteroatoms. The first-order valence-electron chi connectivity index (χ1n) is 10.2. The van der Waals surface area contributed by atoms with Gasteiger partial charge in [0.15, 0.2) is 0 Å². The lowest BCUT2D eigenvalue weighted by molar-refractivity contribution is 0.0760. The van der Waals surface area contributed by atoms with Gasteiger partial charge in [-0.3, -0.25) is 9.69 Å². The van der Waals surface area contributed by atoms with Crippen molar-refractivity contribution in [1.82, 2.24) is 14.5 Å². The SMILES string of the molecule is C=CCNS(=O)(=O)c1cc(C(=O)N2CCCN(Cc3ccc(C#N)cc3)CC2)ccc1F. The van der Waals surface area contributed by atoms with Gasteiger partial charge in [-0.1, -0.05) is 18.2 Å². The zero-order chi connectivity index (χ0) is 23.1. The Balaban J connectivity index is 1.68. The number of halogens is 1. The molecule has 1 N–H and O–H groups in total. The van der Waals surface area contributed by atoms with E-state index >= 15 is 0 Å². The third kappa shape index (κ3) is 5.79. The molecule has 0 radical (unpaired) electrons. The first-order chi connectivity index (χ1) is 15.3. The van der Waals surface area contributed by atoms with Crippen molar-refractivity contribution in [2.45, 2.75) is 17.9 Å². The maximum absolute atomic E-state index is 14.2. The molecule has 0 atom stereocenters. The summed E-state index contributed by atoms with van der Waals surface area (Å²) in [6.45, 7) is 6.56. The van der Waals surface area contributed by atoms with Gasteiger partial charge in [-0.2, -0.15) is 5.26 Å². The lowest BCUT2D eigenvalue weighted by atomic mass is 10.1. The Hall–Kier alpha value is -3.06. The number of carbonyl (C=O) groups is 1. The number of nitriles is 1. The molecule has 0 spiro atoms. The number of sulfonamides is 1. The van der Waals surface area contributed by atoms with Gasteiger partial charge in [0, 0.05) is 44.8 Å². The highest BCUT2D eigenvalue weighted by Crippen LogP contribution is 2.19. The molecule has 1 heterocycles. The van der Waals surface area contributed by atoms with E-state index in [0.29, 0.717) is 31.7 Å². The topological polar surface area (TPSA) is 93.5 Å². The van der Waals surface area contributed by atoms with Gasteiger partial charge in [-0.25, -0.2) is 17.5 Å². The molecule has 0 unspecified atom stereocenters. The van der Waals surface area contributed by atoms with Crippen LogP contribution in [0.3, 0.4) is 0 Å². The highest BCUT2D eigenvalue weighted by Gasteiger charge is 2.24. The molecule has 1 saturated heterocycles. The zero-order valence-corrected chi connectivity index (χ0v) is 18.4. The van der Waals surface area contributed by atoms with E-state index in [0.717, 1.165) is 30.7 Å². The third-order valence-corrected chi connectivity index (χ3v) is 6.69. The summed E-state index contributed by atoms with van der Waals surface area (Å²) in [6, 6.07) is 12.9. The molecule has 1 amide bonds. The average molecular weight is 457 g/mol. The Bertz CT molecular complexity index is 1130. The van der Waals surface area contributed by atoms with E-state index in [9.17, 15) is 17.6 Å². The van der Waals surface area contributed by atoms with Crippen molar-refractivity contribution >= 4 is 15.9 Å². The summed E-state index contributed by atoms with van der Waals surface area (Å²) in [4.78, 5) is 16.4. The maximum Gasteiger partial charge on any atom is 0.253 e. The van der Waals surface area contributed by atoms with Gasteiger partial charge in [0.25, 0.3) is 5.91 Å². The second-order valence-electron chi connectivity index (χ2n) is 7.52. The van der Waals surface area contributed by atoms with Gasteiger partial charge in [-0.15, -0.1) is 6.58 Å². The smallest absolute Gasteiger partial charge is 0.253 e. The van der Waals surface area contributed by atoms with Gasteiger partial charge in [-0.05, 0) is 42.3 Å². The Morgan fingerprint density at radius 2 is 1.91 bits per heavy atom. The van der Waals surface area contributed by atoms with E-state index in [-0.39, 0.29) is 18.0 Å². The number of hydrogen-bond acceptors (Lipinski definition) is 5. The zero-order valence-electron chi connectivity index (χ0n) is 17.6. The van der Waals surface area contributed by atoms with Crippen molar-refractivity contribution in [1.29, 1.82) is 5.26 Å². The van der Waals surface area contributed by atoms with Crippen LogP contribution in [0.25, 0.3) is 0 Å². The fourth-order valence-corrected chi connectivity index (χ4v) is 4.65. The van der Waals surface area contributed by atoms with Gasteiger partial charge >= 0.3 is 0 Å². The van der Waals surface area contributed by atoms with E-state index in [2.05, 4.69) is 22.3 Å². The number of benzene rings is 2. The Kier molecular flexibility index (Phi) is 7.75. The number of nitrogens with zero attached hydrogens (tertiary/aromatic N) is 3. The molecular weight excluding hydrogens is 431 g/mol. The molecule has 0 aromatic heterocycles. The monoisotopic (exact) mass is 456 g/mol. The Morgan fingerprint density at radius 3 is 2.59 bits per heavy atom. The van der Waals surface area contributed by atoms with Crippen LogP contribution in [0.15, 0.2) is 60.0 Å². The molecule has 1 fully saturated rings. The molecule has 168 valence electrons. The molecule has 32 heavy (non-hydrogen) atoms. The lowest BCUT2D eigenvalue weighted by Gasteiger charge is -2.22. The third-order valence-electron chi connectivity index (χ3n) is 5.25. The van der Waals surface area contributed by atoms with E-state index in [1.807, 2.05) is 12.1 Å². The van der Waals surface area contributed by atoms with E-state index < -0.39 is 20.7 Å². The summed E-state index contributed by atoms with van der Waals surface area (Å²) in [7, 11) is -4.09. The number of carbonyl (C=O) groups excluding carboxylic acids is 1. The molecule has 0 aliphatic carbocycles. The second kappa shape index (κ2) is 10.5. The number of amides is 1. The molecule has 0 bridgehead atoms. The molecule has 7 nitrogen and oxygen atoms in total. The van der Waals surface area contributed by atoms with Crippen LogP contribution in [-0.2, 0) is 16.6 Å². The summed E-state index contributed by atoms with van der Waals surface area (Å²) in [5.41, 5.74) is 1.83. The quantitative estimate of drug-likeness (QED) is 0.646. The van der Waals surface area contributed by atoms with Crippen LogP contribution in [0.5, 0.6) is 0 Å². The van der Waals surface area contributed by atoms with Crippen LogP contribution >= 0.6 is 0 Å². The standard InChI is InChI=1S/C23H25FN4O3S/c1-2-10-26-32(30,31)22-15-20(8-9-21(22)24)23(29)28-12-3-11-27(13-14-28)17-19-6-4-18(16-25)5-7-19/h2,4-9,15,26H,1,3,10-14,17H2. The van der Waals surface area contributed by atoms with Crippen LogP contribution in [0.2, 0.25) is 0 Å². The van der Waals surface area contributed by atoms with Crippen molar-refractivity contribution in [3.05, 3.63) is 77.6 Å². The Labute approximate surface area is 187 Å². The van der Waals surface area contributed by atoms with Gasteiger partial charge in [0.05, 0.1) is 11.6 Å². The predicted molar refractivity (Wildman–Crippen MR) is 119 cm³/mol. The average Bonchev–Trinajstić information content (AvgIpc) is 3.03. The molecule has 1 aliphatic heterocycles. The fraction of sp³-hybridized carbons (Fsp3) is 0.304. The highest BCUT2D eigenvalue weighted by molar-refractivity contribution is 7.89. The van der Waals surface area contributed by atoms with Crippen molar-refractivity contribution in [2.75, 3.05) is 32.7 Å². The summed E-state index contributed by atoms with van der Waals surface area (Å²) >= 11 is 0. The van der Waals surface area contributed by atoms with Crippen LogP contribution in [0.4, 0.5) is 4.39 Å². The van der Waals surface area contributed by atoms with Crippen LogP contribution in [0, 0.1) is 17.1 Å². The van der Waals surface area contributed by atoms with Crippen molar-refractivity contribution in [2.24, 2.45) is 0 Å². The molecule has 2 aromatic rings. The maximum atomic E-state index is 14.2. The van der Waals surface area contributed by atoms with Gasteiger partial charge in [0.2, 0.25) is 10.0 Å².